The quantitative estimate of drug-likeness (QED) is 0.767. The monoisotopic (exact) mass is 188 g/mol. The van der Waals surface area contributed by atoms with Gasteiger partial charge in [-0.25, -0.2) is 9.97 Å². The molecule has 0 aliphatic heterocycles. The third-order valence-corrected chi connectivity index (χ3v) is 1.52. The van der Waals surface area contributed by atoms with Crippen LogP contribution in [0.25, 0.3) is 0 Å². The normalized spacial score (nSPS) is 9.71. The highest BCUT2D eigenvalue weighted by Gasteiger charge is 1.98. The van der Waals surface area contributed by atoms with Gasteiger partial charge in [0.2, 0.25) is 5.88 Å². The fraction of sp³-hybridized carbons (Fsp3) is 0. The first-order chi connectivity index (χ1) is 6.84. The Morgan fingerprint density at radius 2 is 2.21 bits per heavy atom. The maximum absolute atomic E-state index is 5.47. The molecule has 0 aliphatic carbocycles. The van der Waals surface area contributed by atoms with Crippen molar-refractivity contribution in [2.24, 2.45) is 0 Å². The second kappa shape index (κ2) is 3.69. The number of aromatic nitrogens is 3. The SMILES string of the molecule is Nc1cc(Oc2cccnc2)ncn1. The number of anilines is 1. The van der Waals surface area contributed by atoms with Gasteiger partial charge in [-0.15, -0.1) is 0 Å². The summed E-state index contributed by atoms with van der Waals surface area (Å²) < 4.78 is 5.37. The molecule has 0 aliphatic rings. The number of rotatable bonds is 2. The topological polar surface area (TPSA) is 73.9 Å². The molecule has 0 bridgehead atoms. The zero-order valence-electron chi connectivity index (χ0n) is 7.29. The number of hydrogen-bond donors (Lipinski definition) is 1. The van der Waals surface area contributed by atoms with E-state index in [1.807, 2.05) is 0 Å². The summed E-state index contributed by atoms with van der Waals surface area (Å²) in [6, 6.07) is 5.11. The Hall–Kier alpha value is -2.17. The maximum atomic E-state index is 5.47. The first-order valence-corrected chi connectivity index (χ1v) is 4.00. The summed E-state index contributed by atoms with van der Waals surface area (Å²) in [4.78, 5) is 11.5. The summed E-state index contributed by atoms with van der Waals surface area (Å²) in [5.74, 6) is 1.40. The Bertz CT molecular complexity index is 418. The number of nitrogens with zero attached hydrogens (tertiary/aromatic N) is 3. The standard InChI is InChI=1S/C9H8N4O/c10-8-4-9(13-6-12-8)14-7-2-1-3-11-5-7/h1-6H,(H2,10,12,13). The van der Waals surface area contributed by atoms with Crippen molar-refractivity contribution < 1.29 is 4.74 Å². The van der Waals surface area contributed by atoms with Crippen LogP contribution in [0.2, 0.25) is 0 Å². The third-order valence-electron chi connectivity index (χ3n) is 1.52. The van der Waals surface area contributed by atoms with E-state index in [9.17, 15) is 0 Å². The van der Waals surface area contributed by atoms with Gasteiger partial charge >= 0.3 is 0 Å². The van der Waals surface area contributed by atoms with Crippen LogP contribution < -0.4 is 10.5 Å². The second-order valence-electron chi connectivity index (χ2n) is 2.57. The van der Waals surface area contributed by atoms with Gasteiger partial charge in [0.1, 0.15) is 17.9 Å². The molecule has 2 rings (SSSR count). The first kappa shape index (κ1) is 8.43. The summed E-state index contributed by atoms with van der Waals surface area (Å²) >= 11 is 0. The molecular formula is C9H8N4O. The van der Waals surface area contributed by atoms with Gasteiger partial charge in [-0.2, -0.15) is 0 Å². The smallest absolute Gasteiger partial charge is 0.224 e. The number of ether oxygens (including phenoxy) is 1. The molecule has 0 spiro atoms. The van der Waals surface area contributed by atoms with Gasteiger partial charge in [0.25, 0.3) is 0 Å². The second-order valence-corrected chi connectivity index (χ2v) is 2.57. The minimum absolute atomic E-state index is 0.374. The number of nitrogens with two attached hydrogens (primary N) is 1. The molecule has 0 atom stereocenters. The summed E-state index contributed by atoms with van der Waals surface area (Å²) in [6.07, 6.45) is 4.61. The zero-order valence-corrected chi connectivity index (χ0v) is 7.29. The van der Waals surface area contributed by atoms with Gasteiger partial charge in [0.15, 0.2) is 0 Å². The maximum Gasteiger partial charge on any atom is 0.224 e. The molecule has 0 fully saturated rings. The fourth-order valence-corrected chi connectivity index (χ4v) is 0.938. The molecular weight excluding hydrogens is 180 g/mol. The molecule has 70 valence electrons. The van der Waals surface area contributed by atoms with Crippen molar-refractivity contribution in [2.45, 2.75) is 0 Å². The Balaban J connectivity index is 2.19. The van der Waals surface area contributed by atoms with E-state index >= 15 is 0 Å². The molecule has 0 amide bonds. The van der Waals surface area contributed by atoms with Crippen LogP contribution >= 0.6 is 0 Å². The van der Waals surface area contributed by atoms with E-state index < -0.39 is 0 Å². The van der Waals surface area contributed by atoms with Gasteiger partial charge in [0, 0.05) is 12.3 Å². The van der Waals surface area contributed by atoms with Crippen molar-refractivity contribution >= 4 is 5.82 Å². The van der Waals surface area contributed by atoms with Crippen molar-refractivity contribution in [1.29, 1.82) is 0 Å². The summed E-state index contributed by atoms with van der Waals surface area (Å²) in [5, 5.41) is 0. The molecule has 5 nitrogen and oxygen atoms in total. The van der Waals surface area contributed by atoms with E-state index in [1.54, 1.807) is 30.6 Å². The van der Waals surface area contributed by atoms with E-state index in [1.165, 1.54) is 6.33 Å². The van der Waals surface area contributed by atoms with Crippen molar-refractivity contribution in [3.63, 3.8) is 0 Å². The van der Waals surface area contributed by atoms with Crippen molar-refractivity contribution in [1.82, 2.24) is 15.0 Å². The van der Waals surface area contributed by atoms with Crippen LogP contribution in [0.5, 0.6) is 11.6 Å². The first-order valence-electron chi connectivity index (χ1n) is 4.00. The molecule has 0 unspecified atom stereocenters. The van der Waals surface area contributed by atoms with E-state index in [4.69, 9.17) is 10.5 Å². The average molecular weight is 188 g/mol. The highest BCUT2D eigenvalue weighted by atomic mass is 16.5. The molecule has 2 aromatic heterocycles. The van der Waals surface area contributed by atoms with E-state index in [2.05, 4.69) is 15.0 Å². The number of hydrogen-bond acceptors (Lipinski definition) is 5. The molecule has 14 heavy (non-hydrogen) atoms. The van der Waals surface area contributed by atoms with Crippen molar-refractivity contribution in [3.05, 3.63) is 36.9 Å². The van der Waals surface area contributed by atoms with Crippen LogP contribution in [0, 0.1) is 0 Å². The molecule has 0 saturated carbocycles. The van der Waals surface area contributed by atoms with Gasteiger partial charge in [0.05, 0.1) is 6.20 Å². The van der Waals surface area contributed by atoms with Gasteiger partial charge in [-0.3, -0.25) is 4.98 Å². The van der Waals surface area contributed by atoms with Crippen LogP contribution in [0.3, 0.4) is 0 Å². The van der Waals surface area contributed by atoms with Gasteiger partial charge in [-0.05, 0) is 12.1 Å². The fourth-order valence-electron chi connectivity index (χ4n) is 0.938. The van der Waals surface area contributed by atoms with E-state index in [0.717, 1.165) is 0 Å². The number of nitrogen functional groups attached to an aromatic ring is 1. The largest absolute Gasteiger partial charge is 0.437 e. The lowest BCUT2D eigenvalue weighted by Gasteiger charge is -2.02. The van der Waals surface area contributed by atoms with Crippen molar-refractivity contribution in [3.8, 4) is 11.6 Å². The van der Waals surface area contributed by atoms with Crippen LogP contribution in [0.1, 0.15) is 0 Å². The molecule has 2 N–H and O–H groups in total. The highest BCUT2D eigenvalue weighted by molar-refractivity contribution is 5.33. The Kier molecular flexibility index (Phi) is 2.22. The Morgan fingerprint density at radius 1 is 1.29 bits per heavy atom. The zero-order chi connectivity index (χ0) is 9.80. The summed E-state index contributed by atoms with van der Waals surface area (Å²) in [7, 11) is 0. The summed E-state index contributed by atoms with van der Waals surface area (Å²) in [6.45, 7) is 0. The summed E-state index contributed by atoms with van der Waals surface area (Å²) in [5.41, 5.74) is 5.47. The molecule has 0 radical (unpaired) electrons. The molecule has 2 heterocycles. The lowest BCUT2D eigenvalue weighted by molar-refractivity contribution is 0.460. The van der Waals surface area contributed by atoms with E-state index in [0.29, 0.717) is 17.4 Å². The number of pyridine rings is 1. The predicted molar refractivity (Wildman–Crippen MR) is 50.8 cm³/mol. The lowest BCUT2D eigenvalue weighted by atomic mass is 10.5. The molecule has 0 saturated heterocycles. The van der Waals surface area contributed by atoms with Crippen LogP contribution in [-0.4, -0.2) is 15.0 Å². The Labute approximate surface area is 80.6 Å². The molecule has 5 heteroatoms. The average Bonchev–Trinajstić information content (AvgIpc) is 2.19. The van der Waals surface area contributed by atoms with Gasteiger partial charge in [-0.1, -0.05) is 0 Å². The third kappa shape index (κ3) is 1.95. The van der Waals surface area contributed by atoms with Crippen LogP contribution in [-0.2, 0) is 0 Å². The highest BCUT2D eigenvalue weighted by Crippen LogP contribution is 2.17. The van der Waals surface area contributed by atoms with Crippen LogP contribution in [0.4, 0.5) is 5.82 Å². The van der Waals surface area contributed by atoms with Gasteiger partial charge < -0.3 is 10.5 Å². The molecule has 2 aromatic rings. The minimum Gasteiger partial charge on any atom is -0.437 e. The van der Waals surface area contributed by atoms with E-state index in [-0.39, 0.29) is 0 Å². The predicted octanol–water partition coefficient (Wildman–Crippen LogP) is 1.25. The van der Waals surface area contributed by atoms with Crippen LogP contribution in [0.15, 0.2) is 36.9 Å². The minimum atomic E-state index is 0.374. The lowest BCUT2D eigenvalue weighted by Crippen LogP contribution is -1.93. The van der Waals surface area contributed by atoms with Crippen molar-refractivity contribution in [2.75, 3.05) is 5.73 Å². The molecule has 0 aromatic carbocycles. The Morgan fingerprint density at radius 3 is 2.93 bits per heavy atom.